The Bertz CT molecular complexity index is 893. The highest BCUT2D eigenvalue weighted by Gasteiger charge is 2.18. The Kier molecular flexibility index (Phi) is 4.81. The summed E-state index contributed by atoms with van der Waals surface area (Å²) in [6.07, 6.45) is 0. The van der Waals surface area contributed by atoms with Crippen LogP contribution >= 0.6 is 0 Å². The largest absolute Gasteiger partial charge is 0.495 e. The molecule has 0 aliphatic carbocycles. The predicted molar refractivity (Wildman–Crippen MR) is 78.6 cm³/mol. The quantitative estimate of drug-likeness (QED) is 0.815. The number of ether oxygens (including phenoxy) is 1. The number of carbonyl (C=O) groups excluding carboxylic acids is 1. The number of rotatable bonds is 4. The van der Waals surface area contributed by atoms with Crippen molar-refractivity contribution in [1.82, 2.24) is 0 Å². The summed E-state index contributed by atoms with van der Waals surface area (Å²) in [4.78, 5) is 11.7. The van der Waals surface area contributed by atoms with Gasteiger partial charge in [0.15, 0.2) is 17.5 Å². The number of benzene rings is 2. The zero-order chi connectivity index (χ0) is 18.1. The minimum absolute atomic E-state index is 0.0822. The van der Waals surface area contributed by atoms with E-state index in [0.717, 1.165) is 12.1 Å². The molecule has 2 aromatic carbocycles. The number of hydrogen-bond donors (Lipinski definition) is 2. The Morgan fingerprint density at radius 2 is 1.71 bits per heavy atom. The molecule has 0 bridgehead atoms. The molecule has 6 nitrogen and oxygen atoms in total. The highest BCUT2D eigenvalue weighted by Crippen LogP contribution is 2.27. The lowest BCUT2D eigenvalue weighted by molar-refractivity contribution is 0.102. The van der Waals surface area contributed by atoms with Crippen molar-refractivity contribution >= 4 is 21.6 Å². The van der Waals surface area contributed by atoms with Crippen LogP contribution in [-0.2, 0) is 10.0 Å². The van der Waals surface area contributed by atoms with Crippen LogP contribution in [0.5, 0.6) is 5.75 Å². The molecule has 1 amide bonds. The van der Waals surface area contributed by atoms with E-state index in [1.807, 2.05) is 0 Å². The van der Waals surface area contributed by atoms with Gasteiger partial charge in [-0.3, -0.25) is 4.79 Å². The molecule has 0 heterocycles. The first-order chi connectivity index (χ1) is 11.1. The van der Waals surface area contributed by atoms with E-state index in [0.29, 0.717) is 12.1 Å². The van der Waals surface area contributed by atoms with Gasteiger partial charge in [0.1, 0.15) is 5.75 Å². The fraction of sp³-hybridized carbons (Fsp3) is 0.0714. The summed E-state index contributed by atoms with van der Waals surface area (Å²) < 4.78 is 67.0. The average molecular weight is 360 g/mol. The number of methoxy groups -OCH3 is 1. The van der Waals surface area contributed by atoms with Crippen LogP contribution in [0.25, 0.3) is 0 Å². The molecule has 2 rings (SSSR count). The van der Waals surface area contributed by atoms with E-state index in [2.05, 4.69) is 5.32 Å². The molecule has 0 aliphatic heterocycles. The summed E-state index contributed by atoms with van der Waals surface area (Å²) in [5, 5.41) is 7.22. The summed E-state index contributed by atoms with van der Waals surface area (Å²) in [6, 6.07) is 4.41. The van der Waals surface area contributed by atoms with Gasteiger partial charge in [0.2, 0.25) is 10.0 Å². The zero-order valence-electron chi connectivity index (χ0n) is 12.1. The Morgan fingerprint density at radius 3 is 2.21 bits per heavy atom. The fourth-order valence-electron chi connectivity index (χ4n) is 1.84. The van der Waals surface area contributed by atoms with Crippen molar-refractivity contribution in [3.8, 4) is 5.75 Å². The second kappa shape index (κ2) is 6.49. The molecule has 0 saturated heterocycles. The highest BCUT2D eigenvalue weighted by atomic mass is 32.2. The lowest BCUT2D eigenvalue weighted by Crippen LogP contribution is -2.16. The Morgan fingerprint density at radius 1 is 1.12 bits per heavy atom. The van der Waals surface area contributed by atoms with Gasteiger partial charge in [-0.1, -0.05) is 0 Å². The molecule has 2 aromatic rings. The number of hydrogen-bond acceptors (Lipinski definition) is 4. The number of halogens is 3. The first-order valence-corrected chi connectivity index (χ1v) is 7.85. The van der Waals surface area contributed by atoms with Gasteiger partial charge < -0.3 is 10.1 Å². The van der Waals surface area contributed by atoms with E-state index < -0.39 is 38.9 Å². The van der Waals surface area contributed by atoms with E-state index >= 15 is 0 Å². The number of nitrogens with one attached hydrogen (secondary N) is 1. The van der Waals surface area contributed by atoms with Crippen molar-refractivity contribution in [2.75, 3.05) is 12.4 Å². The molecular formula is C14H11F3N2O4S. The third-order valence-electron chi connectivity index (χ3n) is 2.99. The molecule has 10 heteroatoms. The summed E-state index contributed by atoms with van der Waals surface area (Å²) in [5.41, 5.74) is -0.603. The number of anilines is 1. The maximum Gasteiger partial charge on any atom is 0.255 e. The Hall–Kier alpha value is -2.59. The second-order valence-electron chi connectivity index (χ2n) is 4.62. The monoisotopic (exact) mass is 360 g/mol. The van der Waals surface area contributed by atoms with Gasteiger partial charge in [0, 0.05) is 5.56 Å². The van der Waals surface area contributed by atoms with Crippen LogP contribution in [0.3, 0.4) is 0 Å². The lowest BCUT2D eigenvalue weighted by Gasteiger charge is -2.12. The third-order valence-corrected chi connectivity index (χ3v) is 3.90. The van der Waals surface area contributed by atoms with Gasteiger partial charge in [-0.15, -0.1) is 0 Å². The van der Waals surface area contributed by atoms with Crippen LogP contribution in [0.4, 0.5) is 18.9 Å². The minimum Gasteiger partial charge on any atom is -0.495 e. The number of nitrogens with two attached hydrogens (primary N) is 1. The smallest absolute Gasteiger partial charge is 0.255 e. The Labute approximate surface area is 135 Å². The molecule has 0 saturated carbocycles. The number of primary sulfonamides is 1. The maximum atomic E-state index is 13.2. The van der Waals surface area contributed by atoms with Gasteiger partial charge in [0.25, 0.3) is 5.91 Å². The van der Waals surface area contributed by atoms with Crippen LogP contribution in [0.2, 0.25) is 0 Å². The molecule has 0 aromatic heterocycles. The van der Waals surface area contributed by atoms with E-state index in [1.165, 1.54) is 13.2 Å². The van der Waals surface area contributed by atoms with Gasteiger partial charge >= 0.3 is 0 Å². The van der Waals surface area contributed by atoms with E-state index in [-0.39, 0.29) is 16.3 Å². The SMILES string of the molecule is COc1ccc(S(N)(=O)=O)cc1NC(=O)c1cc(F)c(F)c(F)c1. The van der Waals surface area contributed by atoms with Crippen molar-refractivity contribution in [1.29, 1.82) is 0 Å². The van der Waals surface area contributed by atoms with Gasteiger partial charge in [-0.2, -0.15) is 0 Å². The molecule has 24 heavy (non-hydrogen) atoms. The van der Waals surface area contributed by atoms with Crippen molar-refractivity contribution < 1.29 is 31.1 Å². The van der Waals surface area contributed by atoms with Crippen molar-refractivity contribution in [2.45, 2.75) is 4.90 Å². The van der Waals surface area contributed by atoms with Crippen LogP contribution in [-0.4, -0.2) is 21.4 Å². The van der Waals surface area contributed by atoms with Crippen LogP contribution in [0.15, 0.2) is 35.2 Å². The van der Waals surface area contributed by atoms with Gasteiger partial charge in [-0.05, 0) is 30.3 Å². The lowest BCUT2D eigenvalue weighted by atomic mass is 10.2. The molecule has 0 aliphatic rings. The van der Waals surface area contributed by atoms with Gasteiger partial charge in [0.05, 0.1) is 17.7 Å². The highest BCUT2D eigenvalue weighted by molar-refractivity contribution is 7.89. The maximum absolute atomic E-state index is 13.2. The molecule has 128 valence electrons. The zero-order valence-corrected chi connectivity index (χ0v) is 13.0. The van der Waals surface area contributed by atoms with Crippen LogP contribution < -0.4 is 15.2 Å². The molecule has 0 fully saturated rings. The standard InChI is InChI=1S/C14H11F3N2O4S/c1-23-12-3-2-8(24(18,21)22)6-11(12)19-14(20)7-4-9(15)13(17)10(16)5-7/h2-6H,1H3,(H,19,20)(H2,18,21,22). The van der Waals surface area contributed by atoms with E-state index in [4.69, 9.17) is 9.88 Å². The molecule has 0 unspecified atom stereocenters. The second-order valence-corrected chi connectivity index (χ2v) is 6.18. The van der Waals surface area contributed by atoms with Gasteiger partial charge in [-0.25, -0.2) is 26.7 Å². The number of amides is 1. The number of carbonyl (C=O) groups is 1. The van der Waals surface area contributed by atoms with Crippen LogP contribution in [0.1, 0.15) is 10.4 Å². The molecule has 0 spiro atoms. The fourth-order valence-corrected chi connectivity index (χ4v) is 2.38. The topological polar surface area (TPSA) is 98.5 Å². The summed E-state index contributed by atoms with van der Waals surface area (Å²) >= 11 is 0. The minimum atomic E-state index is -4.05. The first kappa shape index (κ1) is 17.8. The van der Waals surface area contributed by atoms with E-state index in [9.17, 15) is 26.4 Å². The third kappa shape index (κ3) is 3.66. The summed E-state index contributed by atoms with van der Waals surface area (Å²) in [6.45, 7) is 0. The predicted octanol–water partition coefficient (Wildman–Crippen LogP) is 2.01. The number of sulfonamides is 1. The molecule has 3 N–H and O–H groups in total. The van der Waals surface area contributed by atoms with Crippen molar-refractivity contribution in [3.63, 3.8) is 0 Å². The van der Waals surface area contributed by atoms with Crippen molar-refractivity contribution in [2.24, 2.45) is 5.14 Å². The summed E-state index contributed by atoms with van der Waals surface area (Å²) in [7, 11) is -2.78. The van der Waals surface area contributed by atoms with E-state index in [1.54, 1.807) is 0 Å². The average Bonchev–Trinajstić information content (AvgIpc) is 2.51. The van der Waals surface area contributed by atoms with Crippen LogP contribution in [0, 0.1) is 17.5 Å². The first-order valence-electron chi connectivity index (χ1n) is 6.30. The Balaban J connectivity index is 2.41. The molecule has 0 atom stereocenters. The van der Waals surface area contributed by atoms with Crippen molar-refractivity contribution in [3.05, 3.63) is 53.3 Å². The normalized spacial score (nSPS) is 11.2. The molecular weight excluding hydrogens is 349 g/mol. The summed E-state index contributed by atoms with van der Waals surface area (Å²) in [5.74, 6) is -5.70. The molecule has 0 radical (unpaired) electrons.